The summed E-state index contributed by atoms with van der Waals surface area (Å²) >= 11 is 1.57. The lowest BCUT2D eigenvalue weighted by atomic mass is 10.1. The highest BCUT2D eigenvalue weighted by Gasteiger charge is 2.19. The summed E-state index contributed by atoms with van der Waals surface area (Å²) in [7, 11) is 0. The molecule has 1 aliphatic heterocycles. The van der Waals surface area contributed by atoms with Crippen molar-refractivity contribution in [2.75, 3.05) is 0 Å². The lowest BCUT2D eigenvalue weighted by molar-refractivity contribution is -0.131. The van der Waals surface area contributed by atoms with E-state index in [0.717, 1.165) is 26.3 Å². The molecule has 25 heavy (non-hydrogen) atoms. The quantitative estimate of drug-likeness (QED) is 0.545. The first-order valence-corrected chi connectivity index (χ1v) is 8.89. The summed E-state index contributed by atoms with van der Waals surface area (Å²) in [5.41, 5.74) is 1.93. The van der Waals surface area contributed by atoms with Crippen LogP contribution in [0.5, 0.6) is 0 Å². The SMILES string of the molecule is CC1=C(c2ccc3ccccc3c2)OC(=O)C=C(c2ccccc2)S1. The summed E-state index contributed by atoms with van der Waals surface area (Å²) < 4.78 is 5.65. The van der Waals surface area contributed by atoms with Gasteiger partial charge >= 0.3 is 5.97 Å². The average molecular weight is 344 g/mol. The largest absolute Gasteiger partial charge is 0.422 e. The molecule has 0 aliphatic carbocycles. The van der Waals surface area contributed by atoms with E-state index in [1.54, 1.807) is 17.8 Å². The Morgan fingerprint density at radius 2 is 1.52 bits per heavy atom. The Morgan fingerprint density at radius 1 is 0.800 bits per heavy atom. The van der Waals surface area contributed by atoms with Gasteiger partial charge in [0.25, 0.3) is 0 Å². The second kappa shape index (κ2) is 6.61. The number of ether oxygens (including phenoxy) is 1. The predicted octanol–water partition coefficient (Wildman–Crippen LogP) is 5.86. The molecule has 2 nitrogen and oxygen atoms in total. The zero-order chi connectivity index (χ0) is 17.2. The Kier molecular flexibility index (Phi) is 4.16. The number of allylic oxidation sites excluding steroid dienone is 1. The van der Waals surface area contributed by atoms with Gasteiger partial charge in [-0.2, -0.15) is 0 Å². The minimum atomic E-state index is -0.341. The van der Waals surface area contributed by atoms with Gasteiger partial charge in [-0.1, -0.05) is 78.5 Å². The van der Waals surface area contributed by atoms with Crippen molar-refractivity contribution < 1.29 is 9.53 Å². The van der Waals surface area contributed by atoms with E-state index >= 15 is 0 Å². The van der Waals surface area contributed by atoms with Gasteiger partial charge in [-0.15, -0.1) is 0 Å². The van der Waals surface area contributed by atoms with Crippen LogP contribution in [0.25, 0.3) is 21.4 Å². The van der Waals surface area contributed by atoms with E-state index in [0.29, 0.717) is 5.76 Å². The molecule has 1 heterocycles. The van der Waals surface area contributed by atoms with Gasteiger partial charge in [0.05, 0.1) is 0 Å². The van der Waals surface area contributed by atoms with E-state index in [-0.39, 0.29) is 5.97 Å². The number of carbonyl (C=O) groups is 1. The van der Waals surface area contributed by atoms with Crippen LogP contribution >= 0.6 is 11.8 Å². The van der Waals surface area contributed by atoms with E-state index in [1.165, 1.54) is 5.39 Å². The molecule has 0 saturated heterocycles. The molecule has 3 aromatic carbocycles. The number of fused-ring (bicyclic) bond motifs is 1. The van der Waals surface area contributed by atoms with Crippen molar-refractivity contribution in [2.24, 2.45) is 0 Å². The van der Waals surface area contributed by atoms with Gasteiger partial charge in [0, 0.05) is 21.4 Å². The molecule has 0 unspecified atom stereocenters. The third-order valence-corrected chi connectivity index (χ3v) is 5.17. The zero-order valence-corrected chi connectivity index (χ0v) is 14.5. The number of carbonyl (C=O) groups excluding carboxylic acids is 1. The van der Waals surface area contributed by atoms with E-state index in [9.17, 15) is 4.79 Å². The number of cyclic esters (lactones) is 1. The summed E-state index contributed by atoms with van der Waals surface area (Å²) in [5, 5.41) is 2.29. The average Bonchev–Trinajstić information content (AvgIpc) is 2.80. The van der Waals surface area contributed by atoms with Gasteiger partial charge in [-0.05, 0) is 29.3 Å². The summed E-state index contributed by atoms with van der Waals surface area (Å²) in [6.45, 7) is 1.99. The first kappa shape index (κ1) is 15.7. The first-order chi connectivity index (χ1) is 12.2. The lowest BCUT2D eigenvalue weighted by Crippen LogP contribution is -2.00. The van der Waals surface area contributed by atoms with Crippen molar-refractivity contribution in [2.45, 2.75) is 6.92 Å². The zero-order valence-electron chi connectivity index (χ0n) is 13.7. The highest BCUT2D eigenvalue weighted by atomic mass is 32.2. The van der Waals surface area contributed by atoms with Crippen LogP contribution in [0, 0.1) is 0 Å². The smallest absolute Gasteiger partial charge is 0.337 e. The molecule has 0 aromatic heterocycles. The second-order valence-corrected chi connectivity index (χ2v) is 7.10. The molecular formula is C22H16O2S. The molecule has 0 radical (unpaired) electrons. The maximum absolute atomic E-state index is 12.3. The third-order valence-electron chi connectivity index (χ3n) is 4.10. The van der Waals surface area contributed by atoms with Crippen LogP contribution in [0.4, 0.5) is 0 Å². The van der Waals surface area contributed by atoms with Crippen molar-refractivity contribution in [3.8, 4) is 0 Å². The van der Waals surface area contributed by atoms with Crippen molar-refractivity contribution in [3.63, 3.8) is 0 Å². The molecular weight excluding hydrogens is 328 g/mol. The Labute approximate surface area is 150 Å². The molecule has 0 N–H and O–H groups in total. The van der Waals surface area contributed by atoms with Crippen LogP contribution in [0.3, 0.4) is 0 Å². The molecule has 0 bridgehead atoms. The fourth-order valence-electron chi connectivity index (χ4n) is 2.89. The minimum absolute atomic E-state index is 0.341. The minimum Gasteiger partial charge on any atom is -0.422 e. The number of thioether (sulfide) groups is 1. The molecule has 0 amide bonds. The summed E-state index contributed by atoms with van der Waals surface area (Å²) in [5.74, 6) is 0.286. The predicted molar refractivity (Wildman–Crippen MR) is 105 cm³/mol. The summed E-state index contributed by atoms with van der Waals surface area (Å²) in [4.78, 5) is 14.2. The van der Waals surface area contributed by atoms with Gasteiger partial charge in [0.1, 0.15) is 5.76 Å². The summed E-state index contributed by atoms with van der Waals surface area (Å²) in [6, 6.07) is 24.2. The third kappa shape index (κ3) is 3.24. The molecule has 0 saturated carbocycles. The number of hydrogen-bond donors (Lipinski definition) is 0. The Hall–Kier alpha value is -2.78. The van der Waals surface area contributed by atoms with E-state index in [1.807, 2.05) is 55.5 Å². The van der Waals surface area contributed by atoms with Crippen molar-refractivity contribution >= 4 is 39.2 Å². The molecule has 3 heteroatoms. The molecule has 0 fully saturated rings. The maximum Gasteiger partial charge on any atom is 0.337 e. The van der Waals surface area contributed by atoms with Gasteiger partial charge in [0.2, 0.25) is 0 Å². The number of esters is 1. The van der Waals surface area contributed by atoms with Crippen molar-refractivity contribution in [1.82, 2.24) is 0 Å². The van der Waals surface area contributed by atoms with Crippen LogP contribution in [0.1, 0.15) is 18.1 Å². The van der Waals surface area contributed by atoms with Crippen LogP contribution < -0.4 is 0 Å². The first-order valence-electron chi connectivity index (χ1n) is 8.07. The van der Waals surface area contributed by atoms with E-state index in [4.69, 9.17) is 4.74 Å². The van der Waals surface area contributed by atoms with Crippen LogP contribution in [-0.4, -0.2) is 5.97 Å². The highest BCUT2D eigenvalue weighted by molar-refractivity contribution is 8.11. The number of hydrogen-bond acceptors (Lipinski definition) is 3. The number of rotatable bonds is 2. The van der Waals surface area contributed by atoms with Crippen LogP contribution in [0.15, 0.2) is 83.8 Å². The normalized spacial score (nSPS) is 14.9. The lowest BCUT2D eigenvalue weighted by Gasteiger charge is -2.10. The monoisotopic (exact) mass is 344 g/mol. The number of benzene rings is 3. The maximum atomic E-state index is 12.3. The molecule has 4 rings (SSSR count). The molecule has 3 aromatic rings. The van der Waals surface area contributed by atoms with E-state index in [2.05, 4.69) is 24.3 Å². The Morgan fingerprint density at radius 3 is 2.32 bits per heavy atom. The fourth-order valence-corrected chi connectivity index (χ4v) is 3.88. The van der Waals surface area contributed by atoms with Crippen molar-refractivity contribution in [1.29, 1.82) is 0 Å². The fraction of sp³-hybridized carbons (Fsp3) is 0.0455. The highest BCUT2D eigenvalue weighted by Crippen LogP contribution is 2.40. The summed E-state index contributed by atoms with van der Waals surface area (Å²) in [6.07, 6.45) is 1.57. The van der Waals surface area contributed by atoms with Gasteiger partial charge in [0.15, 0.2) is 0 Å². The van der Waals surface area contributed by atoms with Gasteiger partial charge < -0.3 is 4.74 Å². The van der Waals surface area contributed by atoms with Gasteiger partial charge in [-0.25, -0.2) is 4.79 Å². The second-order valence-electron chi connectivity index (χ2n) is 5.85. The molecule has 1 aliphatic rings. The Balaban J connectivity index is 1.76. The van der Waals surface area contributed by atoms with Crippen molar-refractivity contribution in [3.05, 3.63) is 94.9 Å². The Bertz CT molecular complexity index is 1020. The standard InChI is InChI=1S/C22H16O2S/c1-15-22(19-12-11-16-7-5-6-10-18(16)13-19)24-21(23)14-20(25-15)17-8-3-2-4-9-17/h2-14H,1H3. The topological polar surface area (TPSA) is 26.3 Å². The van der Waals surface area contributed by atoms with Crippen LogP contribution in [-0.2, 0) is 9.53 Å². The molecule has 0 atom stereocenters. The van der Waals surface area contributed by atoms with Gasteiger partial charge in [-0.3, -0.25) is 0 Å². The molecule has 0 spiro atoms. The van der Waals surface area contributed by atoms with E-state index < -0.39 is 0 Å². The molecule has 122 valence electrons. The van der Waals surface area contributed by atoms with Crippen LogP contribution in [0.2, 0.25) is 0 Å².